The van der Waals surface area contributed by atoms with E-state index in [0.29, 0.717) is 28.5 Å². The molecule has 0 bridgehead atoms. The minimum Gasteiger partial charge on any atom is -0.493 e. The molecule has 2 aromatic carbocycles. The number of aryl methyl sites for hydroxylation is 1. The van der Waals surface area contributed by atoms with E-state index in [2.05, 4.69) is 16.3 Å². The lowest BCUT2D eigenvalue weighted by Crippen LogP contribution is -2.00. The molecular formula is C21H17N3O5S. The van der Waals surface area contributed by atoms with E-state index < -0.39 is 5.97 Å². The summed E-state index contributed by atoms with van der Waals surface area (Å²) in [4.78, 5) is 11.6. The first-order valence-corrected chi connectivity index (χ1v) is 9.53. The molecule has 0 saturated carbocycles. The van der Waals surface area contributed by atoms with Crippen LogP contribution in [-0.4, -0.2) is 28.4 Å². The molecule has 3 aromatic rings. The van der Waals surface area contributed by atoms with Crippen molar-refractivity contribution in [2.75, 3.05) is 7.11 Å². The van der Waals surface area contributed by atoms with E-state index in [1.54, 1.807) is 37.3 Å². The average Bonchev–Trinajstić information content (AvgIpc) is 3.16. The third-order valence-electron chi connectivity index (χ3n) is 3.92. The maximum atomic E-state index is 11.6. The van der Waals surface area contributed by atoms with E-state index in [-0.39, 0.29) is 16.7 Å². The molecule has 8 nitrogen and oxygen atoms in total. The molecule has 0 spiro atoms. The summed E-state index contributed by atoms with van der Waals surface area (Å²) in [7, 11) is 1.49. The number of nitriles is 1. The lowest BCUT2D eigenvalue weighted by atomic mass is 10.1. The lowest BCUT2D eigenvalue weighted by Gasteiger charge is -2.12. The number of ether oxygens (including phenoxy) is 2. The standard InChI is InChI=1S/C21H17N3O5S/c1-13-23-24-21(29-13)30-19(20(25)26)10-14-7-8-17(18(9-14)27-2)28-12-16-6-4-3-5-15(16)11-22/h3-10H,12H2,1-2H3,(H,25,26)/b19-10-. The van der Waals surface area contributed by atoms with Crippen LogP contribution in [0.3, 0.4) is 0 Å². The minimum absolute atomic E-state index is 0.0114. The average molecular weight is 423 g/mol. The van der Waals surface area contributed by atoms with Gasteiger partial charge in [0.25, 0.3) is 5.22 Å². The fourth-order valence-corrected chi connectivity index (χ4v) is 3.22. The number of hydrogen-bond donors (Lipinski definition) is 1. The number of thioether (sulfide) groups is 1. The third-order valence-corrected chi connectivity index (χ3v) is 4.77. The first-order chi connectivity index (χ1) is 14.5. The van der Waals surface area contributed by atoms with Gasteiger partial charge in [0.05, 0.1) is 18.7 Å². The molecule has 0 amide bonds. The van der Waals surface area contributed by atoms with Crippen LogP contribution in [0, 0.1) is 18.3 Å². The summed E-state index contributed by atoms with van der Waals surface area (Å²) in [6.07, 6.45) is 1.48. The predicted molar refractivity (Wildman–Crippen MR) is 109 cm³/mol. The van der Waals surface area contributed by atoms with Gasteiger partial charge in [-0.3, -0.25) is 0 Å². The van der Waals surface area contributed by atoms with Crippen molar-refractivity contribution >= 4 is 23.8 Å². The van der Waals surface area contributed by atoms with E-state index in [1.807, 2.05) is 12.1 Å². The molecule has 1 heterocycles. The van der Waals surface area contributed by atoms with Crippen LogP contribution in [0.1, 0.15) is 22.6 Å². The van der Waals surface area contributed by atoms with Gasteiger partial charge in [0, 0.05) is 12.5 Å². The van der Waals surface area contributed by atoms with Crippen LogP contribution in [-0.2, 0) is 11.4 Å². The number of aliphatic carboxylic acids is 1. The van der Waals surface area contributed by atoms with E-state index in [4.69, 9.17) is 13.9 Å². The zero-order valence-corrected chi connectivity index (χ0v) is 17.0. The number of nitrogens with zero attached hydrogens (tertiary/aromatic N) is 3. The van der Waals surface area contributed by atoms with Gasteiger partial charge >= 0.3 is 5.97 Å². The predicted octanol–water partition coefficient (Wildman–Crippen LogP) is 4.06. The second-order valence-electron chi connectivity index (χ2n) is 5.97. The van der Waals surface area contributed by atoms with Crippen molar-refractivity contribution in [3.63, 3.8) is 0 Å². The Kier molecular flexibility index (Phi) is 6.72. The minimum atomic E-state index is -1.12. The zero-order valence-electron chi connectivity index (χ0n) is 16.2. The molecule has 0 fully saturated rings. The quantitative estimate of drug-likeness (QED) is 0.422. The Labute approximate surface area is 176 Å². The molecule has 0 aliphatic rings. The van der Waals surface area contributed by atoms with Crippen molar-refractivity contribution in [2.45, 2.75) is 18.8 Å². The summed E-state index contributed by atoms with van der Waals surface area (Å²) in [6.45, 7) is 1.82. The maximum absolute atomic E-state index is 11.6. The van der Waals surface area contributed by atoms with Crippen LogP contribution in [0.25, 0.3) is 6.08 Å². The van der Waals surface area contributed by atoms with Crippen molar-refractivity contribution in [1.29, 1.82) is 5.26 Å². The van der Waals surface area contributed by atoms with Gasteiger partial charge in [0.15, 0.2) is 11.5 Å². The van der Waals surface area contributed by atoms with Gasteiger partial charge in [-0.1, -0.05) is 24.3 Å². The molecule has 0 saturated heterocycles. The molecule has 1 N–H and O–H groups in total. The number of hydrogen-bond acceptors (Lipinski definition) is 8. The molecule has 0 radical (unpaired) electrons. The fraction of sp³-hybridized carbons (Fsp3) is 0.143. The molecule has 152 valence electrons. The van der Waals surface area contributed by atoms with Crippen LogP contribution in [0.15, 0.2) is 57.0 Å². The molecule has 9 heteroatoms. The maximum Gasteiger partial charge on any atom is 0.342 e. The van der Waals surface area contributed by atoms with Gasteiger partial charge in [-0.05, 0) is 41.6 Å². The molecule has 0 unspecified atom stereocenters. The van der Waals surface area contributed by atoms with E-state index in [0.717, 1.165) is 17.3 Å². The number of benzene rings is 2. The van der Waals surface area contributed by atoms with Crippen LogP contribution in [0.4, 0.5) is 0 Å². The molecular weight excluding hydrogens is 406 g/mol. The number of rotatable bonds is 8. The van der Waals surface area contributed by atoms with Gasteiger partial charge in [-0.15, -0.1) is 10.2 Å². The normalized spacial score (nSPS) is 11.0. The summed E-state index contributed by atoms with van der Waals surface area (Å²) < 4.78 is 16.4. The van der Waals surface area contributed by atoms with Crippen molar-refractivity contribution in [1.82, 2.24) is 10.2 Å². The Balaban J connectivity index is 1.80. The fourth-order valence-electron chi connectivity index (χ4n) is 2.50. The third kappa shape index (κ3) is 5.18. The second-order valence-corrected chi connectivity index (χ2v) is 6.96. The number of methoxy groups -OCH3 is 1. The Morgan fingerprint density at radius 2 is 2.07 bits per heavy atom. The molecule has 1 aromatic heterocycles. The lowest BCUT2D eigenvalue weighted by molar-refractivity contribution is -0.131. The number of carboxylic acid groups (broad SMARTS) is 1. The highest BCUT2D eigenvalue weighted by Gasteiger charge is 2.15. The molecule has 0 atom stereocenters. The van der Waals surface area contributed by atoms with Gasteiger partial charge in [0.2, 0.25) is 5.89 Å². The van der Waals surface area contributed by atoms with Crippen molar-refractivity contribution in [3.05, 3.63) is 70.0 Å². The molecule has 0 aliphatic heterocycles. The van der Waals surface area contributed by atoms with Gasteiger partial charge in [0.1, 0.15) is 11.5 Å². The summed E-state index contributed by atoms with van der Waals surface area (Å²) in [5.74, 6) is 0.132. The summed E-state index contributed by atoms with van der Waals surface area (Å²) in [5.41, 5.74) is 1.89. The van der Waals surface area contributed by atoms with Crippen molar-refractivity contribution < 1.29 is 23.8 Å². The highest BCUT2D eigenvalue weighted by atomic mass is 32.2. The zero-order chi connectivity index (χ0) is 21.5. The molecule has 30 heavy (non-hydrogen) atoms. The van der Waals surface area contributed by atoms with Gasteiger partial charge in [-0.2, -0.15) is 5.26 Å². The summed E-state index contributed by atoms with van der Waals surface area (Å²) >= 11 is 0.860. The second kappa shape index (κ2) is 9.62. The summed E-state index contributed by atoms with van der Waals surface area (Å²) in [5, 5.41) is 26.3. The first-order valence-electron chi connectivity index (χ1n) is 8.72. The highest BCUT2D eigenvalue weighted by Crippen LogP contribution is 2.32. The molecule has 3 rings (SSSR count). The van der Waals surface area contributed by atoms with Crippen LogP contribution >= 0.6 is 11.8 Å². The van der Waals surface area contributed by atoms with Crippen LogP contribution in [0.5, 0.6) is 11.5 Å². The van der Waals surface area contributed by atoms with Crippen molar-refractivity contribution in [3.8, 4) is 17.6 Å². The largest absolute Gasteiger partial charge is 0.493 e. The Morgan fingerprint density at radius 3 is 2.73 bits per heavy atom. The van der Waals surface area contributed by atoms with E-state index in [9.17, 15) is 15.2 Å². The number of carboxylic acids is 1. The van der Waals surface area contributed by atoms with Gasteiger partial charge < -0.3 is 19.0 Å². The Bertz CT molecular complexity index is 1130. The van der Waals surface area contributed by atoms with Gasteiger partial charge in [-0.25, -0.2) is 4.79 Å². The molecule has 0 aliphatic carbocycles. The van der Waals surface area contributed by atoms with Crippen molar-refractivity contribution in [2.24, 2.45) is 0 Å². The number of carbonyl (C=O) groups is 1. The Morgan fingerprint density at radius 1 is 1.27 bits per heavy atom. The topological polar surface area (TPSA) is 118 Å². The SMILES string of the molecule is COc1cc(/C=C(\Sc2nnc(C)o2)C(=O)O)ccc1OCc1ccccc1C#N. The number of aromatic nitrogens is 2. The van der Waals surface area contributed by atoms with E-state index in [1.165, 1.54) is 13.2 Å². The highest BCUT2D eigenvalue weighted by molar-refractivity contribution is 8.03. The summed E-state index contributed by atoms with van der Waals surface area (Å²) in [6, 6.07) is 14.3. The van der Waals surface area contributed by atoms with Crippen LogP contribution < -0.4 is 9.47 Å². The Hall–Kier alpha value is -3.77. The van der Waals surface area contributed by atoms with E-state index >= 15 is 0 Å². The monoisotopic (exact) mass is 423 g/mol. The van der Waals surface area contributed by atoms with Crippen LogP contribution in [0.2, 0.25) is 0 Å². The first kappa shape index (κ1) is 21.0. The smallest absolute Gasteiger partial charge is 0.342 e.